The van der Waals surface area contributed by atoms with E-state index in [4.69, 9.17) is 4.98 Å². The van der Waals surface area contributed by atoms with E-state index in [0.29, 0.717) is 31.8 Å². The highest BCUT2D eigenvalue weighted by Gasteiger charge is 2.52. The van der Waals surface area contributed by atoms with Crippen LogP contribution in [0, 0.1) is 18.3 Å². The van der Waals surface area contributed by atoms with Gasteiger partial charge < -0.3 is 15.1 Å². The number of carboxylic acids is 1. The average molecular weight is 368 g/mol. The number of aryl methyl sites for hydroxylation is 2. The van der Waals surface area contributed by atoms with Crippen molar-refractivity contribution in [3.8, 4) is 0 Å². The molecule has 5 heteroatoms. The molecule has 2 atom stereocenters. The summed E-state index contributed by atoms with van der Waals surface area (Å²) in [6, 6.07) is 8.41. The SMILES string of the molecule is CCc1ccc2nc(N3CC[C@H](O)[C@@](CC4CC4)(C(=O)O)C3)cc(C)c2c1. The molecule has 0 radical (unpaired) electrons. The predicted octanol–water partition coefficient (Wildman–Crippen LogP) is 3.55. The van der Waals surface area contributed by atoms with Crippen molar-refractivity contribution < 1.29 is 15.0 Å². The van der Waals surface area contributed by atoms with E-state index >= 15 is 0 Å². The highest BCUT2D eigenvalue weighted by atomic mass is 16.4. The molecule has 2 heterocycles. The Morgan fingerprint density at radius 1 is 1.30 bits per heavy atom. The van der Waals surface area contributed by atoms with Gasteiger partial charge in [-0.25, -0.2) is 4.98 Å². The molecular formula is C22H28N2O3. The Morgan fingerprint density at radius 3 is 2.74 bits per heavy atom. The molecule has 1 saturated heterocycles. The molecule has 0 unspecified atom stereocenters. The van der Waals surface area contributed by atoms with Crippen LogP contribution in [-0.2, 0) is 11.2 Å². The van der Waals surface area contributed by atoms with Crippen LogP contribution in [0.4, 0.5) is 5.82 Å². The fraction of sp³-hybridized carbons (Fsp3) is 0.545. The number of rotatable bonds is 5. The van der Waals surface area contributed by atoms with Crippen LogP contribution in [-0.4, -0.2) is 40.4 Å². The van der Waals surface area contributed by atoms with E-state index < -0.39 is 17.5 Å². The third-order valence-electron chi connectivity index (χ3n) is 6.36. The molecule has 5 nitrogen and oxygen atoms in total. The quantitative estimate of drug-likeness (QED) is 0.844. The average Bonchev–Trinajstić information content (AvgIpc) is 3.47. The van der Waals surface area contributed by atoms with Crippen LogP contribution >= 0.6 is 0 Å². The maximum absolute atomic E-state index is 12.2. The highest BCUT2D eigenvalue weighted by molar-refractivity contribution is 5.85. The van der Waals surface area contributed by atoms with E-state index in [0.717, 1.165) is 41.5 Å². The summed E-state index contributed by atoms with van der Waals surface area (Å²) in [6.07, 6.45) is 3.38. The van der Waals surface area contributed by atoms with Gasteiger partial charge in [-0.3, -0.25) is 4.79 Å². The summed E-state index contributed by atoms with van der Waals surface area (Å²) < 4.78 is 0. The largest absolute Gasteiger partial charge is 0.481 e. The van der Waals surface area contributed by atoms with Crippen LogP contribution in [0.3, 0.4) is 0 Å². The molecule has 1 saturated carbocycles. The minimum absolute atomic E-state index is 0.324. The molecule has 27 heavy (non-hydrogen) atoms. The molecule has 0 amide bonds. The number of piperidine rings is 1. The highest BCUT2D eigenvalue weighted by Crippen LogP contribution is 2.45. The molecule has 2 N–H and O–H groups in total. The van der Waals surface area contributed by atoms with E-state index in [-0.39, 0.29) is 0 Å². The molecule has 4 rings (SSSR count). The molecule has 0 spiro atoms. The van der Waals surface area contributed by atoms with Gasteiger partial charge in [0, 0.05) is 18.5 Å². The molecule has 0 bridgehead atoms. The predicted molar refractivity (Wildman–Crippen MR) is 106 cm³/mol. The monoisotopic (exact) mass is 368 g/mol. The number of hydrogen-bond acceptors (Lipinski definition) is 4. The van der Waals surface area contributed by atoms with Gasteiger partial charge in [0.25, 0.3) is 0 Å². The number of aliphatic hydroxyl groups excluding tert-OH is 1. The minimum atomic E-state index is -1.09. The first-order valence-corrected chi connectivity index (χ1v) is 9.99. The Bertz CT molecular complexity index is 877. The Kier molecular flexibility index (Phi) is 4.58. The van der Waals surface area contributed by atoms with E-state index in [1.165, 1.54) is 5.56 Å². The number of aliphatic hydroxyl groups is 1. The number of pyridine rings is 1. The first kappa shape index (κ1) is 18.2. The van der Waals surface area contributed by atoms with Crippen molar-refractivity contribution in [2.45, 2.75) is 52.1 Å². The molecule has 1 aliphatic heterocycles. The second kappa shape index (κ2) is 6.79. The van der Waals surface area contributed by atoms with Crippen LogP contribution in [0.2, 0.25) is 0 Å². The number of hydrogen-bond donors (Lipinski definition) is 2. The first-order valence-electron chi connectivity index (χ1n) is 9.99. The summed E-state index contributed by atoms with van der Waals surface area (Å²) in [5.74, 6) is 0.378. The van der Waals surface area contributed by atoms with Crippen LogP contribution in [0.5, 0.6) is 0 Å². The Hall–Kier alpha value is -2.14. The molecule has 144 valence electrons. The van der Waals surface area contributed by atoms with E-state index in [2.05, 4.69) is 43.0 Å². The lowest BCUT2D eigenvalue weighted by atomic mass is 9.73. The van der Waals surface area contributed by atoms with Crippen molar-refractivity contribution in [1.29, 1.82) is 0 Å². The number of aliphatic carboxylic acids is 1. The van der Waals surface area contributed by atoms with Gasteiger partial charge in [0.15, 0.2) is 0 Å². The molecule has 2 aromatic rings. The molecule has 1 aliphatic carbocycles. The minimum Gasteiger partial charge on any atom is -0.481 e. The Morgan fingerprint density at radius 2 is 2.07 bits per heavy atom. The zero-order valence-corrected chi connectivity index (χ0v) is 16.1. The van der Waals surface area contributed by atoms with Gasteiger partial charge in [0.1, 0.15) is 11.2 Å². The zero-order chi connectivity index (χ0) is 19.2. The number of benzene rings is 1. The number of nitrogens with zero attached hydrogens (tertiary/aromatic N) is 2. The number of carbonyl (C=O) groups is 1. The lowest BCUT2D eigenvalue weighted by Gasteiger charge is -2.44. The summed E-state index contributed by atoms with van der Waals surface area (Å²) >= 11 is 0. The first-order chi connectivity index (χ1) is 12.9. The third-order valence-corrected chi connectivity index (χ3v) is 6.36. The van der Waals surface area contributed by atoms with Crippen molar-refractivity contribution in [3.05, 3.63) is 35.4 Å². The number of anilines is 1. The van der Waals surface area contributed by atoms with Crippen LogP contribution < -0.4 is 4.90 Å². The van der Waals surface area contributed by atoms with Gasteiger partial charge in [-0.2, -0.15) is 0 Å². The van der Waals surface area contributed by atoms with Crippen LogP contribution in [0.15, 0.2) is 24.3 Å². The fourth-order valence-electron chi connectivity index (χ4n) is 4.42. The summed E-state index contributed by atoms with van der Waals surface area (Å²) in [5.41, 5.74) is 2.29. The number of aromatic nitrogens is 1. The summed E-state index contributed by atoms with van der Waals surface area (Å²) in [5, 5.41) is 21.7. The van der Waals surface area contributed by atoms with Gasteiger partial charge >= 0.3 is 5.97 Å². The van der Waals surface area contributed by atoms with Crippen molar-refractivity contribution >= 4 is 22.7 Å². The van der Waals surface area contributed by atoms with Crippen LogP contribution in [0.25, 0.3) is 10.9 Å². The maximum atomic E-state index is 12.2. The number of carboxylic acid groups (broad SMARTS) is 1. The van der Waals surface area contributed by atoms with E-state index in [9.17, 15) is 15.0 Å². The Labute approximate surface area is 160 Å². The smallest absolute Gasteiger partial charge is 0.314 e. The van der Waals surface area contributed by atoms with Gasteiger partial charge in [0.2, 0.25) is 0 Å². The van der Waals surface area contributed by atoms with Gasteiger partial charge in [-0.1, -0.05) is 25.8 Å². The molecular weight excluding hydrogens is 340 g/mol. The Balaban J connectivity index is 1.69. The van der Waals surface area contributed by atoms with Crippen molar-refractivity contribution in [3.63, 3.8) is 0 Å². The normalized spacial score (nSPS) is 25.7. The zero-order valence-electron chi connectivity index (χ0n) is 16.1. The number of fused-ring (bicyclic) bond motifs is 1. The van der Waals surface area contributed by atoms with Crippen molar-refractivity contribution in [2.24, 2.45) is 11.3 Å². The second-order valence-electron chi connectivity index (χ2n) is 8.34. The molecule has 2 aliphatic rings. The van der Waals surface area contributed by atoms with Gasteiger partial charge in [-0.15, -0.1) is 0 Å². The summed E-state index contributed by atoms with van der Waals surface area (Å²) in [7, 11) is 0. The van der Waals surface area contributed by atoms with Crippen molar-refractivity contribution in [1.82, 2.24) is 4.98 Å². The topological polar surface area (TPSA) is 73.7 Å². The van der Waals surface area contributed by atoms with Gasteiger partial charge in [0.05, 0.1) is 11.6 Å². The molecule has 1 aromatic carbocycles. The lowest BCUT2D eigenvalue weighted by molar-refractivity contribution is -0.158. The van der Waals surface area contributed by atoms with E-state index in [1.54, 1.807) is 0 Å². The summed E-state index contributed by atoms with van der Waals surface area (Å²) in [6.45, 7) is 5.18. The standard InChI is InChI=1S/C22H28N2O3/c1-3-15-6-7-18-17(11-15)14(2)10-20(23-18)24-9-8-19(25)22(13-24,21(26)27)12-16-4-5-16/h6-7,10-11,16,19,25H,3-5,8-9,12-13H2,1-2H3,(H,26,27)/t19-,22-/m0/s1. The lowest BCUT2D eigenvalue weighted by Crippen LogP contribution is -2.56. The van der Waals surface area contributed by atoms with Crippen LogP contribution in [0.1, 0.15) is 43.7 Å². The van der Waals surface area contributed by atoms with Gasteiger partial charge in [-0.05, 0) is 61.4 Å². The maximum Gasteiger partial charge on any atom is 0.314 e. The second-order valence-corrected chi connectivity index (χ2v) is 8.34. The molecule has 1 aromatic heterocycles. The summed E-state index contributed by atoms with van der Waals surface area (Å²) in [4.78, 5) is 19.1. The van der Waals surface area contributed by atoms with Crippen molar-refractivity contribution in [2.75, 3.05) is 18.0 Å². The van der Waals surface area contributed by atoms with E-state index in [1.807, 2.05) is 0 Å². The molecule has 2 fully saturated rings. The fourth-order valence-corrected chi connectivity index (χ4v) is 4.42. The third kappa shape index (κ3) is 3.29.